The third-order valence-electron chi connectivity index (χ3n) is 1.24. The smallest absolute Gasteiger partial charge is 0.0216 e. The van der Waals surface area contributed by atoms with Crippen LogP contribution in [-0.4, -0.2) is 5.80 Å². The second-order valence-corrected chi connectivity index (χ2v) is 2.34. The Bertz CT molecular complexity index is 198. The Balaban J connectivity index is 3.01. The van der Waals surface area contributed by atoms with Gasteiger partial charge < -0.3 is 0 Å². The van der Waals surface area contributed by atoms with Gasteiger partial charge in [-0.05, 0) is 18.3 Å². The Kier molecular flexibility index (Phi) is 2.02. The second kappa shape index (κ2) is 2.80. The Labute approximate surface area is 57.7 Å². The van der Waals surface area contributed by atoms with Crippen molar-refractivity contribution in [3.63, 3.8) is 0 Å². The van der Waals surface area contributed by atoms with Gasteiger partial charge in [0.2, 0.25) is 0 Å². The first-order valence-electron chi connectivity index (χ1n) is 2.90. The van der Waals surface area contributed by atoms with E-state index in [4.69, 9.17) is 0 Å². The zero-order chi connectivity index (χ0) is 6.69. The molecule has 1 rings (SSSR count). The minimum absolute atomic E-state index is 1.21. The Morgan fingerprint density at radius 1 is 1.22 bits per heavy atom. The summed E-state index contributed by atoms with van der Waals surface area (Å²) in [6, 6.07) is 8.32. The quantitative estimate of drug-likeness (QED) is 0.519. The molecular weight excluding hydrogens is 127 g/mol. The highest BCUT2D eigenvalue weighted by atomic mass is 31.0. The summed E-state index contributed by atoms with van der Waals surface area (Å²) in [6.07, 6.45) is 0. The molecule has 0 fully saturated rings. The van der Waals surface area contributed by atoms with Crippen LogP contribution in [0.15, 0.2) is 24.3 Å². The number of rotatable bonds is 1. The highest BCUT2D eigenvalue weighted by Gasteiger charge is 1.82. The van der Waals surface area contributed by atoms with Crippen LogP contribution in [0.1, 0.15) is 11.1 Å². The van der Waals surface area contributed by atoms with Crippen molar-refractivity contribution in [3.05, 3.63) is 35.4 Å². The lowest BCUT2D eigenvalue weighted by molar-refractivity contribution is 1.47. The third-order valence-corrected chi connectivity index (χ3v) is 1.58. The summed E-state index contributed by atoms with van der Waals surface area (Å²) in [5.74, 6) is 1.90. The number of hydrogen-bond acceptors (Lipinski definition) is 0. The molecule has 1 aromatic carbocycles. The molecule has 0 aliphatic carbocycles. The van der Waals surface area contributed by atoms with Gasteiger partial charge in [0.1, 0.15) is 0 Å². The zero-order valence-electron chi connectivity index (χ0n) is 5.39. The molecule has 0 aliphatic heterocycles. The van der Waals surface area contributed by atoms with Crippen LogP contribution < -0.4 is 0 Å². The number of aryl methyl sites for hydroxylation is 1. The summed E-state index contributed by atoms with van der Waals surface area (Å²) < 4.78 is 0. The summed E-state index contributed by atoms with van der Waals surface area (Å²) in [5.41, 5.74) is 2.50. The highest BCUT2D eigenvalue weighted by Crippen LogP contribution is 1.99. The number of hydrogen-bond donors (Lipinski definition) is 0. The van der Waals surface area contributed by atoms with E-state index in [-0.39, 0.29) is 0 Å². The van der Waals surface area contributed by atoms with E-state index >= 15 is 0 Å². The van der Waals surface area contributed by atoms with Gasteiger partial charge >= 0.3 is 0 Å². The van der Waals surface area contributed by atoms with Gasteiger partial charge in [-0.2, -0.15) is 0 Å². The van der Waals surface area contributed by atoms with Crippen molar-refractivity contribution in [2.45, 2.75) is 6.92 Å². The van der Waals surface area contributed by atoms with Gasteiger partial charge in [0.15, 0.2) is 0 Å². The molecule has 0 radical (unpaired) electrons. The minimum atomic E-state index is 1.21. The minimum Gasteiger partial charge on any atom is -0.122 e. The largest absolute Gasteiger partial charge is 0.122 e. The maximum Gasteiger partial charge on any atom is -0.0216 e. The average Bonchev–Trinajstić information content (AvgIpc) is 1.90. The van der Waals surface area contributed by atoms with E-state index in [9.17, 15) is 0 Å². The molecule has 0 spiro atoms. The van der Waals surface area contributed by atoms with Crippen LogP contribution in [0, 0.1) is 6.92 Å². The molecule has 0 N–H and O–H groups in total. The van der Waals surface area contributed by atoms with Crippen LogP contribution in [0.25, 0.3) is 0 Å². The van der Waals surface area contributed by atoms with Gasteiger partial charge in [-0.3, -0.25) is 0 Å². The van der Waals surface area contributed by atoms with Crippen LogP contribution in [0.4, 0.5) is 0 Å². The van der Waals surface area contributed by atoms with Crippen LogP contribution in [-0.2, 0) is 0 Å². The van der Waals surface area contributed by atoms with Crippen molar-refractivity contribution in [2.24, 2.45) is 0 Å². The van der Waals surface area contributed by atoms with Crippen LogP contribution in [0.2, 0.25) is 0 Å². The average molecular weight is 136 g/mol. The molecule has 0 amide bonds. The van der Waals surface area contributed by atoms with Crippen LogP contribution >= 0.6 is 8.86 Å². The second-order valence-electron chi connectivity index (χ2n) is 2.06. The first-order valence-corrected chi connectivity index (χ1v) is 3.48. The molecule has 46 valence electrons. The molecule has 1 heteroatoms. The lowest BCUT2D eigenvalue weighted by Gasteiger charge is -1.91. The predicted molar refractivity (Wildman–Crippen MR) is 44.7 cm³/mol. The summed E-state index contributed by atoms with van der Waals surface area (Å²) in [5, 5.41) is 0. The molecule has 0 unspecified atom stereocenters. The first kappa shape index (κ1) is 6.51. The van der Waals surface area contributed by atoms with E-state index in [1.54, 1.807) is 0 Å². The maximum atomic E-state index is 3.30. The first-order chi connectivity index (χ1) is 4.33. The summed E-state index contributed by atoms with van der Waals surface area (Å²) in [6.45, 7) is 2.08. The molecule has 0 bridgehead atoms. The molecule has 0 aromatic heterocycles. The molecular formula is C8H9P. The Morgan fingerprint density at radius 2 is 1.78 bits per heavy atom. The van der Waals surface area contributed by atoms with Crippen LogP contribution in [0.3, 0.4) is 0 Å². The summed E-state index contributed by atoms with van der Waals surface area (Å²) >= 11 is 0. The Hall–Kier alpha value is -0.610. The summed E-state index contributed by atoms with van der Waals surface area (Å²) in [4.78, 5) is 0. The molecule has 1 aromatic rings. The SMILES string of the molecule is Cc1ccc(C=P)cc1. The number of benzene rings is 1. The van der Waals surface area contributed by atoms with E-state index in [1.807, 2.05) is 5.80 Å². The molecule has 0 saturated carbocycles. The van der Waals surface area contributed by atoms with E-state index in [0.717, 1.165) is 0 Å². The maximum absolute atomic E-state index is 3.30. The molecule has 0 aliphatic rings. The lowest BCUT2D eigenvalue weighted by Crippen LogP contribution is -1.76. The zero-order valence-corrected chi connectivity index (χ0v) is 6.39. The highest BCUT2D eigenvalue weighted by molar-refractivity contribution is 7.19. The van der Waals surface area contributed by atoms with Crippen molar-refractivity contribution in [1.82, 2.24) is 0 Å². The third kappa shape index (κ3) is 1.65. The van der Waals surface area contributed by atoms with Gasteiger partial charge in [0.05, 0.1) is 0 Å². The van der Waals surface area contributed by atoms with Crippen molar-refractivity contribution in [1.29, 1.82) is 0 Å². The van der Waals surface area contributed by atoms with E-state index in [1.165, 1.54) is 11.1 Å². The topological polar surface area (TPSA) is 0 Å². The molecule has 0 saturated heterocycles. The fraction of sp³-hybridized carbons (Fsp3) is 0.125. The standard InChI is InChI=1S/C8H9P/c1-7-2-4-8(6-9)5-3-7/h2-6,9H,1H3. The van der Waals surface area contributed by atoms with Gasteiger partial charge in [0.25, 0.3) is 0 Å². The van der Waals surface area contributed by atoms with Crippen molar-refractivity contribution in [3.8, 4) is 0 Å². The summed E-state index contributed by atoms with van der Waals surface area (Å²) in [7, 11) is 3.30. The molecule has 0 atom stereocenters. The molecule has 9 heavy (non-hydrogen) atoms. The fourth-order valence-electron chi connectivity index (χ4n) is 0.663. The molecule has 0 nitrogen and oxygen atoms in total. The van der Waals surface area contributed by atoms with Crippen molar-refractivity contribution >= 4 is 14.7 Å². The monoisotopic (exact) mass is 136 g/mol. The van der Waals surface area contributed by atoms with Crippen LogP contribution in [0.5, 0.6) is 0 Å². The van der Waals surface area contributed by atoms with E-state index in [0.29, 0.717) is 0 Å². The normalized spacial score (nSPS) is 9.00. The van der Waals surface area contributed by atoms with Gasteiger partial charge in [-0.25, -0.2) is 0 Å². The van der Waals surface area contributed by atoms with E-state index in [2.05, 4.69) is 40.1 Å². The Morgan fingerprint density at radius 3 is 2.22 bits per heavy atom. The van der Waals surface area contributed by atoms with Gasteiger partial charge in [0, 0.05) is 0 Å². The predicted octanol–water partition coefficient (Wildman–Crippen LogP) is 2.29. The van der Waals surface area contributed by atoms with Gasteiger partial charge in [-0.15, -0.1) is 8.86 Å². The van der Waals surface area contributed by atoms with Gasteiger partial charge in [-0.1, -0.05) is 29.8 Å². The fourth-order valence-corrected chi connectivity index (χ4v) is 0.855. The van der Waals surface area contributed by atoms with Crippen molar-refractivity contribution < 1.29 is 0 Å². The van der Waals surface area contributed by atoms with Crippen molar-refractivity contribution in [2.75, 3.05) is 0 Å². The van der Waals surface area contributed by atoms with E-state index < -0.39 is 0 Å². The lowest BCUT2D eigenvalue weighted by atomic mass is 10.2. The molecule has 0 heterocycles.